The third kappa shape index (κ3) is 2.82. The Bertz CT molecular complexity index is 506. The summed E-state index contributed by atoms with van der Waals surface area (Å²) in [7, 11) is 0. The van der Waals surface area contributed by atoms with Gasteiger partial charge in [0.1, 0.15) is 6.04 Å². The van der Waals surface area contributed by atoms with Crippen LogP contribution in [0.3, 0.4) is 0 Å². The van der Waals surface area contributed by atoms with Crippen LogP contribution in [0, 0.1) is 6.92 Å². The van der Waals surface area contributed by atoms with Gasteiger partial charge in [0.2, 0.25) is 0 Å². The minimum atomic E-state index is -1.12. The number of rotatable bonds is 2. The molecule has 0 aromatic carbocycles. The van der Waals surface area contributed by atoms with Crippen molar-refractivity contribution in [3.63, 3.8) is 0 Å². The summed E-state index contributed by atoms with van der Waals surface area (Å²) in [6.45, 7) is 1.76. The second-order valence-corrected chi connectivity index (χ2v) is 4.46. The lowest BCUT2D eigenvalue weighted by Gasteiger charge is -2.21. The molecule has 1 aliphatic heterocycles. The Kier molecular flexibility index (Phi) is 3.66. The number of nitrogens with zero attached hydrogens (tertiary/aromatic N) is 2. The Morgan fingerprint density at radius 2 is 2.26 bits per heavy atom. The van der Waals surface area contributed by atoms with Gasteiger partial charge >= 0.3 is 12.0 Å². The fourth-order valence-electron chi connectivity index (χ4n) is 2.08. The zero-order valence-electron chi connectivity index (χ0n) is 10.4. The van der Waals surface area contributed by atoms with Crippen molar-refractivity contribution in [3.05, 3.63) is 24.0 Å². The Morgan fingerprint density at radius 3 is 2.89 bits per heavy atom. The number of nitrogens with one attached hydrogen (secondary N) is 1. The number of carbonyl (C=O) groups is 2. The summed E-state index contributed by atoms with van der Waals surface area (Å²) in [6, 6.07) is 1.82. The van der Waals surface area contributed by atoms with Crippen LogP contribution in [0.1, 0.15) is 12.1 Å². The van der Waals surface area contributed by atoms with Crippen LogP contribution in [0.5, 0.6) is 0 Å². The summed E-state index contributed by atoms with van der Waals surface area (Å²) in [5.74, 6) is -1.12. The molecule has 2 atom stereocenters. The minimum Gasteiger partial charge on any atom is -0.480 e. The molecular weight excluding hydrogens is 250 g/mol. The number of β-amino-alcohol motifs (C(OH)–C–C–N with tert-alkyl or cyclic N) is 1. The largest absolute Gasteiger partial charge is 0.480 e. The van der Waals surface area contributed by atoms with E-state index in [1.54, 1.807) is 25.3 Å². The number of aliphatic hydroxyl groups excluding tert-OH is 1. The zero-order chi connectivity index (χ0) is 14.0. The first-order valence-corrected chi connectivity index (χ1v) is 5.89. The van der Waals surface area contributed by atoms with Gasteiger partial charge in [-0.15, -0.1) is 0 Å². The van der Waals surface area contributed by atoms with Gasteiger partial charge in [-0.05, 0) is 19.1 Å². The highest BCUT2D eigenvalue weighted by Gasteiger charge is 2.39. The van der Waals surface area contributed by atoms with Crippen molar-refractivity contribution in [2.75, 3.05) is 11.9 Å². The number of aliphatic carboxylic acids is 1. The van der Waals surface area contributed by atoms with Gasteiger partial charge in [-0.2, -0.15) is 0 Å². The highest BCUT2D eigenvalue weighted by Crippen LogP contribution is 2.20. The van der Waals surface area contributed by atoms with Crippen molar-refractivity contribution in [2.24, 2.45) is 0 Å². The number of aliphatic hydroxyl groups is 1. The number of anilines is 1. The quantitative estimate of drug-likeness (QED) is 0.720. The molecule has 0 aliphatic carbocycles. The van der Waals surface area contributed by atoms with Crippen LogP contribution in [0.25, 0.3) is 0 Å². The number of carbonyl (C=O) groups excluding carboxylic acids is 1. The lowest BCUT2D eigenvalue weighted by molar-refractivity contribution is -0.141. The molecule has 1 saturated heterocycles. The lowest BCUT2D eigenvalue weighted by atomic mass is 10.2. The van der Waals surface area contributed by atoms with E-state index in [1.165, 1.54) is 0 Å². The molecular formula is C12H15N3O4. The van der Waals surface area contributed by atoms with Crippen LogP contribution in [0.15, 0.2) is 18.3 Å². The number of aryl methyl sites for hydroxylation is 1. The van der Waals surface area contributed by atoms with Crippen molar-refractivity contribution in [2.45, 2.75) is 25.5 Å². The molecule has 1 aromatic heterocycles. The summed E-state index contributed by atoms with van der Waals surface area (Å²) >= 11 is 0. The van der Waals surface area contributed by atoms with Crippen LogP contribution in [0.4, 0.5) is 10.5 Å². The summed E-state index contributed by atoms with van der Waals surface area (Å²) < 4.78 is 0. The third-order valence-corrected chi connectivity index (χ3v) is 3.07. The Hall–Kier alpha value is -2.15. The highest BCUT2D eigenvalue weighted by molar-refractivity contribution is 5.93. The van der Waals surface area contributed by atoms with Crippen LogP contribution in [0.2, 0.25) is 0 Å². The number of pyridine rings is 1. The number of hydrogen-bond acceptors (Lipinski definition) is 4. The maximum absolute atomic E-state index is 12.0. The minimum absolute atomic E-state index is 0.0160. The molecule has 0 bridgehead atoms. The van der Waals surface area contributed by atoms with Crippen LogP contribution >= 0.6 is 0 Å². The molecule has 1 aliphatic rings. The second kappa shape index (κ2) is 5.23. The lowest BCUT2D eigenvalue weighted by Crippen LogP contribution is -2.43. The van der Waals surface area contributed by atoms with Crippen molar-refractivity contribution in [1.82, 2.24) is 9.88 Å². The van der Waals surface area contributed by atoms with Crippen molar-refractivity contribution < 1.29 is 19.8 Å². The number of likely N-dealkylation sites (tertiary alicyclic amines) is 1. The van der Waals surface area contributed by atoms with E-state index < -0.39 is 24.1 Å². The van der Waals surface area contributed by atoms with E-state index in [4.69, 9.17) is 5.11 Å². The number of amides is 2. The maximum Gasteiger partial charge on any atom is 0.326 e. The molecule has 7 heteroatoms. The van der Waals surface area contributed by atoms with Crippen molar-refractivity contribution in [1.29, 1.82) is 0 Å². The van der Waals surface area contributed by atoms with Gasteiger partial charge in [0, 0.05) is 19.2 Å². The van der Waals surface area contributed by atoms with E-state index in [9.17, 15) is 14.7 Å². The van der Waals surface area contributed by atoms with Crippen LogP contribution in [-0.2, 0) is 4.79 Å². The smallest absolute Gasteiger partial charge is 0.326 e. The predicted molar refractivity (Wildman–Crippen MR) is 66.7 cm³/mol. The Morgan fingerprint density at radius 1 is 1.53 bits per heavy atom. The zero-order valence-corrected chi connectivity index (χ0v) is 10.4. The summed E-state index contributed by atoms with van der Waals surface area (Å²) in [5, 5.41) is 21.1. The molecule has 102 valence electrons. The first-order chi connectivity index (χ1) is 8.99. The summed E-state index contributed by atoms with van der Waals surface area (Å²) in [4.78, 5) is 28.2. The highest BCUT2D eigenvalue weighted by atomic mass is 16.4. The summed E-state index contributed by atoms with van der Waals surface area (Å²) in [6.07, 6.45) is 0.848. The number of hydrogen-bond donors (Lipinski definition) is 3. The van der Waals surface area contributed by atoms with E-state index >= 15 is 0 Å². The standard InChI is InChI=1S/C12H15N3O4/c1-7-9(3-2-4-13-7)14-12(19)15-6-8(16)5-10(15)11(17)18/h2-4,8,10,16H,5-6H2,1H3,(H,14,19)(H,17,18)/t8-,10-/m1/s1. The normalized spacial score (nSPS) is 22.3. The molecule has 2 heterocycles. The van der Waals surface area contributed by atoms with Gasteiger partial charge < -0.3 is 20.4 Å². The first-order valence-electron chi connectivity index (χ1n) is 5.89. The third-order valence-electron chi connectivity index (χ3n) is 3.07. The molecule has 2 rings (SSSR count). The first kappa shape index (κ1) is 13.3. The van der Waals surface area contributed by atoms with Crippen LogP contribution < -0.4 is 5.32 Å². The monoisotopic (exact) mass is 265 g/mol. The fourth-order valence-corrected chi connectivity index (χ4v) is 2.08. The van der Waals surface area contributed by atoms with Gasteiger partial charge in [0.15, 0.2) is 0 Å². The van der Waals surface area contributed by atoms with Crippen LogP contribution in [-0.4, -0.2) is 50.8 Å². The average molecular weight is 265 g/mol. The van der Waals surface area contributed by atoms with Gasteiger partial charge in [-0.3, -0.25) is 4.98 Å². The predicted octanol–water partition coefficient (Wildman–Crippen LogP) is 0.442. The molecule has 0 radical (unpaired) electrons. The topological polar surface area (TPSA) is 103 Å². The molecule has 19 heavy (non-hydrogen) atoms. The van der Waals surface area contributed by atoms with Gasteiger partial charge in [-0.25, -0.2) is 9.59 Å². The Labute approximate surface area is 109 Å². The number of carboxylic acid groups (broad SMARTS) is 1. The van der Waals surface area contributed by atoms with E-state index in [1.807, 2.05) is 0 Å². The van der Waals surface area contributed by atoms with Crippen molar-refractivity contribution >= 4 is 17.7 Å². The Balaban J connectivity index is 2.11. The average Bonchev–Trinajstić information content (AvgIpc) is 2.74. The second-order valence-electron chi connectivity index (χ2n) is 4.46. The SMILES string of the molecule is Cc1ncccc1NC(=O)N1C[C@H](O)C[C@@H]1C(=O)O. The molecule has 2 amide bonds. The fraction of sp³-hybridized carbons (Fsp3) is 0.417. The number of aromatic nitrogens is 1. The van der Waals surface area contributed by atoms with E-state index in [-0.39, 0.29) is 13.0 Å². The number of urea groups is 1. The van der Waals surface area contributed by atoms with E-state index in [0.29, 0.717) is 11.4 Å². The number of carboxylic acids is 1. The molecule has 1 fully saturated rings. The molecule has 0 unspecified atom stereocenters. The molecule has 7 nitrogen and oxygen atoms in total. The molecule has 1 aromatic rings. The maximum atomic E-state index is 12.0. The summed E-state index contributed by atoms with van der Waals surface area (Å²) in [5.41, 5.74) is 1.17. The van der Waals surface area contributed by atoms with Gasteiger partial charge in [-0.1, -0.05) is 0 Å². The van der Waals surface area contributed by atoms with Crippen molar-refractivity contribution in [3.8, 4) is 0 Å². The van der Waals surface area contributed by atoms with Gasteiger partial charge in [0.05, 0.1) is 17.5 Å². The molecule has 3 N–H and O–H groups in total. The van der Waals surface area contributed by atoms with E-state index in [2.05, 4.69) is 10.3 Å². The molecule has 0 spiro atoms. The van der Waals surface area contributed by atoms with E-state index in [0.717, 1.165) is 4.90 Å². The molecule has 0 saturated carbocycles. The van der Waals surface area contributed by atoms with Gasteiger partial charge in [0.25, 0.3) is 0 Å².